The zero-order chi connectivity index (χ0) is 13.8. The first-order valence-electron chi connectivity index (χ1n) is 6.53. The van der Waals surface area contributed by atoms with E-state index in [1.165, 1.54) is 0 Å². The quantitative estimate of drug-likeness (QED) is 0.682. The van der Waals surface area contributed by atoms with Gasteiger partial charge < -0.3 is 15.7 Å². The Morgan fingerprint density at radius 3 is 2.50 bits per heavy atom. The van der Waals surface area contributed by atoms with Gasteiger partial charge in [-0.2, -0.15) is 0 Å². The molecule has 5 heteroatoms. The molecule has 0 spiro atoms. The third-order valence-electron chi connectivity index (χ3n) is 3.33. The van der Waals surface area contributed by atoms with Crippen LogP contribution in [0.25, 0.3) is 0 Å². The predicted octanol–water partition coefficient (Wildman–Crippen LogP) is 0.426. The van der Waals surface area contributed by atoms with Gasteiger partial charge >= 0.3 is 0 Å². The second-order valence-electron chi connectivity index (χ2n) is 5.98. The molecular weight excluding hydrogens is 232 g/mol. The largest absolute Gasteiger partial charge is 0.396 e. The van der Waals surface area contributed by atoms with E-state index in [4.69, 9.17) is 5.11 Å². The fourth-order valence-electron chi connectivity index (χ4n) is 2.13. The lowest BCUT2D eigenvalue weighted by Crippen LogP contribution is -2.46. The second kappa shape index (κ2) is 6.18. The van der Waals surface area contributed by atoms with Gasteiger partial charge in [-0.25, -0.2) is 0 Å². The van der Waals surface area contributed by atoms with Gasteiger partial charge in [-0.05, 0) is 12.8 Å². The van der Waals surface area contributed by atoms with E-state index < -0.39 is 5.41 Å². The summed E-state index contributed by atoms with van der Waals surface area (Å²) in [5.74, 6) is -0.159. The van der Waals surface area contributed by atoms with Crippen molar-refractivity contribution in [2.45, 2.75) is 46.1 Å². The van der Waals surface area contributed by atoms with E-state index >= 15 is 0 Å². The third-order valence-corrected chi connectivity index (χ3v) is 3.33. The highest BCUT2D eigenvalue weighted by molar-refractivity contribution is 5.87. The van der Waals surface area contributed by atoms with Crippen molar-refractivity contribution in [2.24, 2.45) is 11.3 Å². The highest BCUT2D eigenvalue weighted by atomic mass is 16.3. The van der Waals surface area contributed by atoms with Crippen LogP contribution in [-0.4, -0.2) is 36.1 Å². The minimum Gasteiger partial charge on any atom is -0.396 e. The van der Waals surface area contributed by atoms with Gasteiger partial charge in [-0.15, -0.1) is 0 Å². The summed E-state index contributed by atoms with van der Waals surface area (Å²) in [5.41, 5.74) is -0.485. The summed E-state index contributed by atoms with van der Waals surface area (Å²) in [4.78, 5) is 23.3. The average molecular weight is 256 g/mol. The van der Waals surface area contributed by atoms with Crippen LogP contribution in [0.15, 0.2) is 0 Å². The first-order chi connectivity index (χ1) is 8.34. The standard InChI is InChI=1S/C13H24N2O3/c1-13(2,3)12(18)14-7-11(17)15-10-6-4-5-9(10)8-16/h9-10,16H,4-8H2,1-3H3,(H,14,18)(H,15,17). The maximum absolute atomic E-state index is 11.7. The Morgan fingerprint density at radius 2 is 1.94 bits per heavy atom. The molecule has 1 saturated carbocycles. The Morgan fingerprint density at radius 1 is 1.28 bits per heavy atom. The van der Waals surface area contributed by atoms with Crippen molar-refractivity contribution in [2.75, 3.05) is 13.2 Å². The van der Waals surface area contributed by atoms with E-state index in [0.717, 1.165) is 19.3 Å². The molecule has 0 aromatic rings. The Kier molecular flexibility index (Phi) is 5.14. The minimum absolute atomic E-state index is 0.00471. The molecule has 0 heterocycles. The van der Waals surface area contributed by atoms with E-state index in [2.05, 4.69) is 10.6 Å². The van der Waals surface area contributed by atoms with E-state index in [9.17, 15) is 9.59 Å². The van der Waals surface area contributed by atoms with E-state index in [0.29, 0.717) is 0 Å². The number of rotatable bonds is 4. The molecule has 18 heavy (non-hydrogen) atoms. The Balaban J connectivity index is 2.32. The predicted molar refractivity (Wildman–Crippen MR) is 68.8 cm³/mol. The monoisotopic (exact) mass is 256 g/mol. The molecule has 0 aliphatic heterocycles. The molecule has 5 nitrogen and oxygen atoms in total. The minimum atomic E-state index is -0.485. The van der Waals surface area contributed by atoms with E-state index in [-0.39, 0.29) is 36.9 Å². The van der Waals surface area contributed by atoms with Crippen molar-refractivity contribution in [1.29, 1.82) is 0 Å². The number of aliphatic hydroxyl groups is 1. The summed E-state index contributed by atoms with van der Waals surface area (Å²) in [6, 6.07) is 0.0500. The first kappa shape index (κ1) is 15.0. The van der Waals surface area contributed by atoms with Crippen LogP contribution in [0.4, 0.5) is 0 Å². The van der Waals surface area contributed by atoms with Gasteiger partial charge in [-0.1, -0.05) is 27.2 Å². The fourth-order valence-corrected chi connectivity index (χ4v) is 2.13. The molecule has 2 unspecified atom stereocenters. The normalized spacial score (nSPS) is 23.8. The van der Waals surface area contributed by atoms with Crippen LogP contribution >= 0.6 is 0 Å². The molecule has 0 saturated heterocycles. The summed E-state index contributed by atoms with van der Waals surface area (Å²) < 4.78 is 0. The number of nitrogens with one attached hydrogen (secondary N) is 2. The second-order valence-corrected chi connectivity index (χ2v) is 5.98. The van der Waals surface area contributed by atoms with Crippen molar-refractivity contribution >= 4 is 11.8 Å². The fraction of sp³-hybridized carbons (Fsp3) is 0.846. The molecule has 1 aliphatic carbocycles. The maximum Gasteiger partial charge on any atom is 0.239 e. The van der Waals surface area contributed by atoms with Crippen LogP contribution in [0.5, 0.6) is 0 Å². The summed E-state index contributed by atoms with van der Waals surface area (Å²) in [6.45, 7) is 5.53. The molecule has 1 rings (SSSR count). The van der Waals surface area contributed by atoms with Crippen molar-refractivity contribution in [3.05, 3.63) is 0 Å². The molecule has 3 N–H and O–H groups in total. The molecule has 2 amide bonds. The van der Waals surface area contributed by atoms with Crippen LogP contribution in [0, 0.1) is 11.3 Å². The van der Waals surface area contributed by atoms with Gasteiger partial charge in [-0.3, -0.25) is 9.59 Å². The van der Waals surface area contributed by atoms with Gasteiger partial charge in [0.1, 0.15) is 0 Å². The summed E-state index contributed by atoms with van der Waals surface area (Å²) >= 11 is 0. The molecule has 0 bridgehead atoms. The third kappa shape index (κ3) is 4.29. The van der Waals surface area contributed by atoms with Crippen molar-refractivity contribution < 1.29 is 14.7 Å². The zero-order valence-electron chi connectivity index (χ0n) is 11.5. The zero-order valence-corrected chi connectivity index (χ0v) is 11.5. The number of carbonyl (C=O) groups is 2. The van der Waals surface area contributed by atoms with E-state index in [1.54, 1.807) is 20.8 Å². The topological polar surface area (TPSA) is 78.4 Å². The number of carbonyl (C=O) groups excluding carboxylic acids is 2. The van der Waals surface area contributed by atoms with E-state index in [1.807, 2.05) is 0 Å². The summed E-state index contributed by atoms with van der Waals surface area (Å²) in [6.07, 6.45) is 2.89. The highest BCUT2D eigenvalue weighted by Gasteiger charge is 2.28. The van der Waals surface area contributed by atoms with Crippen molar-refractivity contribution in [1.82, 2.24) is 10.6 Å². The molecule has 0 aromatic heterocycles. The van der Waals surface area contributed by atoms with Gasteiger partial charge in [0.05, 0.1) is 6.54 Å². The first-order valence-corrected chi connectivity index (χ1v) is 6.53. The lowest BCUT2D eigenvalue weighted by Gasteiger charge is -2.21. The van der Waals surface area contributed by atoms with Gasteiger partial charge in [0.25, 0.3) is 0 Å². The SMILES string of the molecule is CC(C)(C)C(=O)NCC(=O)NC1CCCC1CO. The average Bonchev–Trinajstić information content (AvgIpc) is 2.71. The van der Waals surface area contributed by atoms with Crippen molar-refractivity contribution in [3.8, 4) is 0 Å². The number of hydrogen-bond acceptors (Lipinski definition) is 3. The van der Waals surface area contributed by atoms with Crippen LogP contribution in [0.3, 0.4) is 0 Å². The molecule has 104 valence electrons. The lowest BCUT2D eigenvalue weighted by molar-refractivity contribution is -0.131. The summed E-state index contributed by atoms with van der Waals surface area (Å²) in [7, 11) is 0. The Bertz CT molecular complexity index is 310. The molecular formula is C13H24N2O3. The molecule has 2 atom stereocenters. The number of aliphatic hydroxyl groups excluding tert-OH is 1. The Labute approximate surface area is 108 Å². The summed E-state index contributed by atoms with van der Waals surface area (Å²) in [5, 5.41) is 14.6. The number of hydrogen-bond donors (Lipinski definition) is 3. The van der Waals surface area contributed by atoms with Gasteiger partial charge in [0.2, 0.25) is 11.8 Å². The Hall–Kier alpha value is -1.10. The molecule has 1 fully saturated rings. The molecule has 0 radical (unpaired) electrons. The van der Waals surface area contributed by atoms with Gasteiger partial charge in [0.15, 0.2) is 0 Å². The highest BCUT2D eigenvalue weighted by Crippen LogP contribution is 2.24. The van der Waals surface area contributed by atoms with Crippen LogP contribution in [0.1, 0.15) is 40.0 Å². The maximum atomic E-state index is 11.7. The van der Waals surface area contributed by atoms with Crippen LogP contribution in [-0.2, 0) is 9.59 Å². The lowest BCUT2D eigenvalue weighted by atomic mass is 9.96. The molecule has 0 aromatic carbocycles. The van der Waals surface area contributed by atoms with Crippen molar-refractivity contribution in [3.63, 3.8) is 0 Å². The van der Waals surface area contributed by atoms with Crippen LogP contribution < -0.4 is 10.6 Å². The molecule has 1 aliphatic rings. The van der Waals surface area contributed by atoms with Gasteiger partial charge in [0, 0.05) is 24.0 Å². The number of amides is 2. The van der Waals surface area contributed by atoms with Crippen LogP contribution in [0.2, 0.25) is 0 Å². The smallest absolute Gasteiger partial charge is 0.239 e.